The van der Waals surface area contributed by atoms with Crippen LogP contribution in [0.15, 0.2) is 24.3 Å². The fourth-order valence-electron chi connectivity index (χ4n) is 0.901. The first kappa shape index (κ1) is 11.4. The molecule has 1 unspecified atom stereocenters. The summed E-state index contributed by atoms with van der Waals surface area (Å²) < 4.78 is 4.95. The van der Waals surface area contributed by atoms with Gasteiger partial charge in [-0.15, -0.1) is 6.58 Å². The Bertz CT molecular complexity index is 147. The van der Waals surface area contributed by atoms with Crippen LogP contribution in [0, 0.1) is 5.92 Å². The Kier molecular flexibility index (Phi) is 6.78. The van der Waals surface area contributed by atoms with E-state index in [0.717, 1.165) is 13.0 Å². The van der Waals surface area contributed by atoms with E-state index in [1.54, 1.807) is 7.11 Å². The first-order valence-electron chi connectivity index (χ1n) is 4.47. The zero-order valence-electron chi connectivity index (χ0n) is 8.47. The highest BCUT2D eigenvalue weighted by molar-refractivity contribution is 4.98. The van der Waals surface area contributed by atoms with Crippen molar-refractivity contribution >= 4 is 0 Å². The summed E-state index contributed by atoms with van der Waals surface area (Å²) in [4.78, 5) is 0. The van der Waals surface area contributed by atoms with Crippen molar-refractivity contribution in [1.82, 2.24) is 0 Å². The smallest absolute Gasteiger partial charge is 0.0646 e. The summed E-state index contributed by atoms with van der Waals surface area (Å²) in [6.07, 6.45) is 6.48. The van der Waals surface area contributed by atoms with Gasteiger partial charge in [0, 0.05) is 7.11 Å². The van der Waals surface area contributed by atoms with Gasteiger partial charge >= 0.3 is 0 Å². The molecular formula is C11H20O. The van der Waals surface area contributed by atoms with E-state index in [9.17, 15) is 0 Å². The number of ether oxygens (including phenoxy) is 1. The predicted octanol–water partition coefficient (Wildman–Crippen LogP) is 3.18. The lowest BCUT2D eigenvalue weighted by Crippen LogP contribution is -1.91. The maximum Gasteiger partial charge on any atom is 0.0646 e. The fourth-order valence-corrected chi connectivity index (χ4v) is 0.901. The molecule has 0 amide bonds. The third-order valence-corrected chi connectivity index (χ3v) is 1.99. The molecule has 70 valence electrons. The molecule has 1 heteroatoms. The molecule has 0 aliphatic rings. The van der Waals surface area contributed by atoms with Crippen LogP contribution in [-0.2, 0) is 4.74 Å². The molecule has 0 aliphatic carbocycles. The van der Waals surface area contributed by atoms with E-state index in [-0.39, 0.29) is 0 Å². The molecule has 1 nitrogen and oxygen atoms in total. The quantitative estimate of drug-likeness (QED) is 0.553. The first-order valence-corrected chi connectivity index (χ1v) is 4.47. The second-order valence-corrected chi connectivity index (χ2v) is 3.26. The molecule has 0 radical (unpaired) electrons. The van der Waals surface area contributed by atoms with E-state index in [1.807, 2.05) is 6.08 Å². The fraction of sp³-hybridized carbons (Fsp3) is 0.636. The average molecular weight is 168 g/mol. The second-order valence-electron chi connectivity index (χ2n) is 3.26. The van der Waals surface area contributed by atoms with E-state index in [1.165, 1.54) is 12.0 Å². The van der Waals surface area contributed by atoms with Crippen LogP contribution in [0.4, 0.5) is 0 Å². The molecule has 0 aromatic heterocycles. The first-order chi connectivity index (χ1) is 5.70. The standard InChI is InChI=1S/C11H20O/c1-5-10(2)6-7-11(3)8-9-12-4/h5,8,10H,1,6-7,9H2,2-4H3/b11-8+. The molecule has 0 saturated carbocycles. The second kappa shape index (κ2) is 7.11. The summed E-state index contributed by atoms with van der Waals surface area (Å²) in [5.74, 6) is 0.621. The van der Waals surface area contributed by atoms with Crippen molar-refractivity contribution in [2.24, 2.45) is 5.92 Å². The van der Waals surface area contributed by atoms with E-state index >= 15 is 0 Å². The average Bonchev–Trinajstić information content (AvgIpc) is 2.10. The summed E-state index contributed by atoms with van der Waals surface area (Å²) in [6, 6.07) is 0. The van der Waals surface area contributed by atoms with E-state index in [4.69, 9.17) is 4.74 Å². The lowest BCUT2D eigenvalue weighted by atomic mass is 10.0. The van der Waals surface area contributed by atoms with Gasteiger partial charge in [0.25, 0.3) is 0 Å². The van der Waals surface area contributed by atoms with Gasteiger partial charge in [0.1, 0.15) is 0 Å². The Labute approximate surface area is 76.1 Å². The third-order valence-electron chi connectivity index (χ3n) is 1.99. The van der Waals surface area contributed by atoms with Crippen molar-refractivity contribution in [2.45, 2.75) is 26.7 Å². The van der Waals surface area contributed by atoms with Gasteiger partial charge < -0.3 is 4.74 Å². The molecule has 1 atom stereocenters. The Hall–Kier alpha value is -0.560. The van der Waals surface area contributed by atoms with Gasteiger partial charge in [0.05, 0.1) is 6.61 Å². The number of rotatable bonds is 6. The molecule has 0 bridgehead atoms. The number of methoxy groups -OCH3 is 1. The van der Waals surface area contributed by atoms with Crippen LogP contribution in [0.25, 0.3) is 0 Å². The van der Waals surface area contributed by atoms with Crippen LogP contribution >= 0.6 is 0 Å². The largest absolute Gasteiger partial charge is 0.381 e. The lowest BCUT2D eigenvalue weighted by Gasteiger charge is -2.05. The normalized spacial score (nSPS) is 14.4. The number of allylic oxidation sites excluding steroid dienone is 2. The zero-order chi connectivity index (χ0) is 9.40. The molecule has 0 aliphatic heterocycles. The van der Waals surface area contributed by atoms with Crippen LogP contribution in [0.1, 0.15) is 26.7 Å². The van der Waals surface area contributed by atoms with Crippen LogP contribution in [-0.4, -0.2) is 13.7 Å². The minimum atomic E-state index is 0.621. The summed E-state index contributed by atoms with van der Waals surface area (Å²) >= 11 is 0. The Morgan fingerprint density at radius 1 is 1.58 bits per heavy atom. The molecule has 0 aromatic carbocycles. The zero-order valence-corrected chi connectivity index (χ0v) is 8.47. The van der Waals surface area contributed by atoms with Gasteiger partial charge in [-0.2, -0.15) is 0 Å². The van der Waals surface area contributed by atoms with Crippen LogP contribution in [0.3, 0.4) is 0 Å². The monoisotopic (exact) mass is 168 g/mol. The number of hydrogen-bond donors (Lipinski definition) is 0. The van der Waals surface area contributed by atoms with Crippen molar-refractivity contribution in [3.05, 3.63) is 24.3 Å². The highest BCUT2D eigenvalue weighted by Gasteiger charge is 1.96. The van der Waals surface area contributed by atoms with Crippen LogP contribution < -0.4 is 0 Å². The van der Waals surface area contributed by atoms with Gasteiger partial charge in [0.2, 0.25) is 0 Å². The maximum absolute atomic E-state index is 4.95. The molecule has 0 spiro atoms. The van der Waals surface area contributed by atoms with Crippen molar-refractivity contribution in [3.8, 4) is 0 Å². The molecule has 0 rings (SSSR count). The number of hydrogen-bond acceptors (Lipinski definition) is 1. The highest BCUT2D eigenvalue weighted by atomic mass is 16.5. The lowest BCUT2D eigenvalue weighted by molar-refractivity contribution is 0.233. The van der Waals surface area contributed by atoms with Crippen molar-refractivity contribution in [2.75, 3.05) is 13.7 Å². The predicted molar refractivity (Wildman–Crippen MR) is 54.2 cm³/mol. The maximum atomic E-state index is 4.95. The Balaban J connectivity index is 3.55. The third kappa shape index (κ3) is 6.17. The molecule has 0 aromatic rings. The van der Waals surface area contributed by atoms with E-state index < -0.39 is 0 Å². The minimum Gasteiger partial charge on any atom is -0.381 e. The van der Waals surface area contributed by atoms with Crippen LogP contribution in [0.5, 0.6) is 0 Å². The molecule has 12 heavy (non-hydrogen) atoms. The van der Waals surface area contributed by atoms with Crippen molar-refractivity contribution in [1.29, 1.82) is 0 Å². The van der Waals surface area contributed by atoms with E-state index in [2.05, 4.69) is 26.5 Å². The van der Waals surface area contributed by atoms with Gasteiger partial charge in [-0.25, -0.2) is 0 Å². The van der Waals surface area contributed by atoms with Crippen LogP contribution in [0.2, 0.25) is 0 Å². The molecule has 0 N–H and O–H groups in total. The van der Waals surface area contributed by atoms with E-state index in [0.29, 0.717) is 5.92 Å². The van der Waals surface area contributed by atoms with Gasteiger partial charge in [-0.3, -0.25) is 0 Å². The van der Waals surface area contributed by atoms with Gasteiger partial charge in [0.15, 0.2) is 0 Å². The topological polar surface area (TPSA) is 9.23 Å². The van der Waals surface area contributed by atoms with Gasteiger partial charge in [-0.1, -0.05) is 24.6 Å². The summed E-state index contributed by atoms with van der Waals surface area (Å²) in [5.41, 5.74) is 1.41. The Morgan fingerprint density at radius 3 is 2.75 bits per heavy atom. The summed E-state index contributed by atoms with van der Waals surface area (Å²) in [7, 11) is 1.72. The molecule has 0 fully saturated rings. The highest BCUT2D eigenvalue weighted by Crippen LogP contribution is 2.11. The van der Waals surface area contributed by atoms with Gasteiger partial charge in [-0.05, 0) is 25.7 Å². The molecular weight excluding hydrogens is 148 g/mol. The van der Waals surface area contributed by atoms with Crippen molar-refractivity contribution in [3.63, 3.8) is 0 Å². The Morgan fingerprint density at radius 2 is 2.25 bits per heavy atom. The molecule has 0 saturated heterocycles. The SMILES string of the molecule is C=CC(C)CC/C(C)=C/COC. The summed E-state index contributed by atoms with van der Waals surface area (Å²) in [5, 5.41) is 0. The molecule has 0 heterocycles. The van der Waals surface area contributed by atoms with Crippen molar-refractivity contribution < 1.29 is 4.74 Å². The minimum absolute atomic E-state index is 0.621. The summed E-state index contributed by atoms with van der Waals surface area (Å²) in [6.45, 7) is 8.83.